The minimum atomic E-state index is -0.707. The Morgan fingerprint density at radius 2 is 1.86 bits per heavy atom. The molecular formula is C14H19BN2O4. The van der Waals surface area contributed by atoms with Crippen molar-refractivity contribution in [3.63, 3.8) is 0 Å². The van der Waals surface area contributed by atoms with Gasteiger partial charge in [0.25, 0.3) is 5.91 Å². The maximum Gasteiger partial charge on any atom is 0.495 e. The van der Waals surface area contributed by atoms with Gasteiger partial charge in [-0.1, -0.05) is 0 Å². The molecule has 1 fully saturated rings. The van der Waals surface area contributed by atoms with Crippen LogP contribution in [0.4, 0.5) is 0 Å². The number of aldehydes is 1. The Hall–Kier alpha value is -1.73. The van der Waals surface area contributed by atoms with E-state index in [2.05, 4.69) is 10.3 Å². The standard InChI is InChI=1S/C14H19BN2O4/c1-13(2)14(3,4)21-15(20-13)10-6-11(12(19)16-5)17-7-9(10)8-18/h6-8H,1-5H3,(H,16,19). The molecule has 1 aromatic heterocycles. The Bertz CT molecular complexity index is 570. The lowest BCUT2D eigenvalue weighted by Gasteiger charge is -2.32. The summed E-state index contributed by atoms with van der Waals surface area (Å²) in [4.78, 5) is 26.9. The number of carbonyl (C=O) groups excluding carboxylic acids is 2. The molecule has 7 heteroatoms. The Labute approximate surface area is 124 Å². The van der Waals surface area contributed by atoms with E-state index < -0.39 is 18.3 Å². The summed E-state index contributed by atoms with van der Waals surface area (Å²) < 4.78 is 11.8. The summed E-state index contributed by atoms with van der Waals surface area (Å²) in [7, 11) is 0.813. The van der Waals surface area contributed by atoms with Gasteiger partial charge in [0.15, 0.2) is 6.29 Å². The van der Waals surface area contributed by atoms with Gasteiger partial charge < -0.3 is 14.6 Å². The van der Waals surface area contributed by atoms with E-state index in [0.29, 0.717) is 17.3 Å². The zero-order chi connectivity index (χ0) is 15.8. The van der Waals surface area contributed by atoms with Gasteiger partial charge >= 0.3 is 7.12 Å². The highest BCUT2D eigenvalue weighted by atomic mass is 16.7. The summed E-state index contributed by atoms with van der Waals surface area (Å²) in [6.45, 7) is 7.70. The molecule has 0 aliphatic carbocycles. The topological polar surface area (TPSA) is 77.5 Å². The summed E-state index contributed by atoms with van der Waals surface area (Å²) >= 11 is 0. The van der Waals surface area contributed by atoms with Crippen molar-refractivity contribution in [2.24, 2.45) is 0 Å². The van der Waals surface area contributed by atoms with Crippen LogP contribution in [0.2, 0.25) is 0 Å². The monoisotopic (exact) mass is 290 g/mol. The highest BCUT2D eigenvalue weighted by Gasteiger charge is 2.52. The normalized spacial score (nSPS) is 19.4. The van der Waals surface area contributed by atoms with Crippen molar-refractivity contribution in [1.82, 2.24) is 10.3 Å². The van der Waals surface area contributed by atoms with Crippen molar-refractivity contribution in [3.8, 4) is 0 Å². The molecule has 2 rings (SSSR count). The number of pyridine rings is 1. The van der Waals surface area contributed by atoms with Crippen LogP contribution in [0.25, 0.3) is 0 Å². The van der Waals surface area contributed by atoms with E-state index in [9.17, 15) is 9.59 Å². The summed E-state index contributed by atoms with van der Waals surface area (Å²) in [5.41, 5.74) is 0.0361. The average molecular weight is 290 g/mol. The third-order valence-electron chi connectivity index (χ3n) is 4.06. The molecule has 0 radical (unpaired) electrons. The SMILES string of the molecule is CNC(=O)c1cc(B2OC(C)(C)C(C)(C)O2)c(C=O)cn1. The lowest BCUT2D eigenvalue weighted by molar-refractivity contribution is 0.00578. The number of rotatable bonds is 3. The van der Waals surface area contributed by atoms with Gasteiger partial charge in [0.1, 0.15) is 5.69 Å². The first-order valence-corrected chi connectivity index (χ1v) is 6.74. The van der Waals surface area contributed by atoms with Gasteiger partial charge in [-0.2, -0.15) is 0 Å². The molecule has 6 nitrogen and oxygen atoms in total. The van der Waals surface area contributed by atoms with Crippen molar-refractivity contribution < 1.29 is 18.9 Å². The van der Waals surface area contributed by atoms with E-state index in [1.807, 2.05) is 27.7 Å². The number of amides is 1. The molecule has 1 N–H and O–H groups in total. The van der Waals surface area contributed by atoms with Gasteiger partial charge in [0, 0.05) is 18.8 Å². The number of aromatic nitrogens is 1. The van der Waals surface area contributed by atoms with Crippen LogP contribution < -0.4 is 10.8 Å². The van der Waals surface area contributed by atoms with Gasteiger partial charge in [-0.05, 0) is 39.2 Å². The van der Waals surface area contributed by atoms with Crippen LogP contribution in [0.3, 0.4) is 0 Å². The van der Waals surface area contributed by atoms with Crippen molar-refractivity contribution in [1.29, 1.82) is 0 Å². The predicted molar refractivity (Wildman–Crippen MR) is 78.7 cm³/mol. The minimum Gasteiger partial charge on any atom is -0.399 e. The average Bonchev–Trinajstić information content (AvgIpc) is 2.65. The second-order valence-corrected chi connectivity index (χ2v) is 5.98. The van der Waals surface area contributed by atoms with Crippen molar-refractivity contribution in [2.45, 2.75) is 38.9 Å². The summed E-state index contributed by atoms with van der Waals surface area (Å²) in [5, 5.41) is 2.50. The molecule has 0 saturated carbocycles. The largest absolute Gasteiger partial charge is 0.495 e. The molecule has 1 saturated heterocycles. The summed E-state index contributed by atoms with van der Waals surface area (Å²) in [6.07, 6.45) is 2.04. The molecule has 112 valence electrons. The van der Waals surface area contributed by atoms with Crippen LogP contribution in [0.5, 0.6) is 0 Å². The van der Waals surface area contributed by atoms with Gasteiger partial charge in [-0.25, -0.2) is 0 Å². The molecule has 0 atom stereocenters. The van der Waals surface area contributed by atoms with Gasteiger partial charge in [-0.15, -0.1) is 0 Å². The highest BCUT2D eigenvalue weighted by Crippen LogP contribution is 2.36. The van der Waals surface area contributed by atoms with E-state index >= 15 is 0 Å². The number of carbonyl (C=O) groups is 2. The highest BCUT2D eigenvalue weighted by molar-refractivity contribution is 6.63. The van der Waals surface area contributed by atoms with E-state index in [1.165, 1.54) is 19.3 Å². The number of nitrogens with zero attached hydrogens (tertiary/aromatic N) is 1. The van der Waals surface area contributed by atoms with Gasteiger partial charge in [0.2, 0.25) is 0 Å². The molecule has 21 heavy (non-hydrogen) atoms. The first-order chi connectivity index (χ1) is 9.71. The molecule has 0 aromatic carbocycles. The molecule has 1 aromatic rings. The Balaban J connectivity index is 2.44. The fourth-order valence-electron chi connectivity index (χ4n) is 2.01. The van der Waals surface area contributed by atoms with Crippen LogP contribution in [-0.2, 0) is 9.31 Å². The zero-order valence-electron chi connectivity index (χ0n) is 12.9. The Morgan fingerprint density at radius 3 is 2.33 bits per heavy atom. The maximum absolute atomic E-state index is 11.7. The first kappa shape index (κ1) is 15.7. The molecule has 0 bridgehead atoms. The van der Waals surface area contributed by atoms with E-state index in [0.717, 1.165) is 0 Å². The number of nitrogens with one attached hydrogen (secondary N) is 1. The van der Waals surface area contributed by atoms with Crippen molar-refractivity contribution >= 4 is 24.8 Å². The quantitative estimate of drug-likeness (QED) is 0.650. The summed E-state index contributed by atoms with van der Waals surface area (Å²) in [6, 6.07) is 1.53. The lowest BCUT2D eigenvalue weighted by Crippen LogP contribution is -2.41. The second-order valence-electron chi connectivity index (χ2n) is 5.98. The molecule has 0 spiro atoms. The van der Waals surface area contributed by atoms with E-state index in [4.69, 9.17) is 9.31 Å². The number of hydrogen-bond acceptors (Lipinski definition) is 5. The summed E-state index contributed by atoms with van der Waals surface area (Å²) in [5.74, 6) is -0.329. The molecule has 2 heterocycles. The molecule has 1 aliphatic heterocycles. The Morgan fingerprint density at radius 1 is 1.29 bits per heavy atom. The van der Waals surface area contributed by atoms with Crippen LogP contribution in [0.15, 0.2) is 12.3 Å². The van der Waals surface area contributed by atoms with E-state index in [-0.39, 0.29) is 11.6 Å². The first-order valence-electron chi connectivity index (χ1n) is 6.74. The molecule has 0 unspecified atom stereocenters. The van der Waals surface area contributed by atoms with Crippen LogP contribution in [0, 0.1) is 0 Å². The minimum absolute atomic E-state index is 0.216. The second kappa shape index (κ2) is 5.24. The number of hydrogen-bond donors (Lipinski definition) is 1. The third kappa shape index (κ3) is 2.71. The fourth-order valence-corrected chi connectivity index (χ4v) is 2.01. The predicted octanol–water partition coefficient (Wildman–Crippen LogP) is 0.553. The van der Waals surface area contributed by atoms with Crippen molar-refractivity contribution in [3.05, 3.63) is 23.5 Å². The van der Waals surface area contributed by atoms with Crippen LogP contribution in [-0.4, -0.2) is 42.5 Å². The van der Waals surface area contributed by atoms with Gasteiger partial charge in [0.05, 0.1) is 11.2 Å². The van der Waals surface area contributed by atoms with Crippen molar-refractivity contribution in [2.75, 3.05) is 7.05 Å². The maximum atomic E-state index is 11.7. The lowest BCUT2D eigenvalue weighted by atomic mass is 9.76. The smallest absolute Gasteiger partial charge is 0.399 e. The Kier molecular flexibility index (Phi) is 3.90. The van der Waals surface area contributed by atoms with Crippen LogP contribution in [0.1, 0.15) is 48.5 Å². The van der Waals surface area contributed by atoms with Gasteiger partial charge in [-0.3, -0.25) is 14.6 Å². The molecule has 1 amide bonds. The zero-order valence-corrected chi connectivity index (χ0v) is 12.9. The molecule has 1 aliphatic rings. The van der Waals surface area contributed by atoms with Crippen LogP contribution >= 0.6 is 0 Å². The molecular weight excluding hydrogens is 271 g/mol. The fraction of sp³-hybridized carbons (Fsp3) is 0.500. The van der Waals surface area contributed by atoms with E-state index in [1.54, 1.807) is 0 Å². The third-order valence-corrected chi connectivity index (χ3v) is 4.06.